The summed E-state index contributed by atoms with van der Waals surface area (Å²) >= 11 is 0. The molecule has 2 aromatic heterocycles. The van der Waals surface area contributed by atoms with Crippen LogP contribution in [-0.2, 0) is 0 Å². The molecule has 2 bridgehead atoms. The average Bonchev–Trinajstić information content (AvgIpc) is 2.73. The van der Waals surface area contributed by atoms with Crippen molar-refractivity contribution in [1.82, 2.24) is 19.4 Å². The SMILES string of the molecule is Cc1cnc2c(c1)nc(N)n2C1CC2CCCC(C1)N2C. The number of rotatable bonds is 1. The number of nitrogens with two attached hydrogens (primary N) is 1. The lowest BCUT2D eigenvalue weighted by Gasteiger charge is -2.47. The molecule has 2 aliphatic heterocycles. The minimum absolute atomic E-state index is 0.441. The molecule has 112 valence electrons. The third kappa shape index (κ3) is 2.02. The summed E-state index contributed by atoms with van der Waals surface area (Å²) in [7, 11) is 2.28. The first-order valence-electron chi connectivity index (χ1n) is 7.95. The lowest BCUT2D eigenvalue weighted by atomic mass is 9.82. The maximum Gasteiger partial charge on any atom is 0.202 e. The van der Waals surface area contributed by atoms with Crippen molar-refractivity contribution in [1.29, 1.82) is 0 Å². The Hall–Kier alpha value is -1.62. The molecule has 2 aliphatic rings. The highest BCUT2D eigenvalue weighted by Crippen LogP contribution is 2.40. The van der Waals surface area contributed by atoms with E-state index in [1.165, 1.54) is 19.3 Å². The van der Waals surface area contributed by atoms with E-state index in [0.29, 0.717) is 24.1 Å². The summed E-state index contributed by atoms with van der Waals surface area (Å²) in [5, 5.41) is 0. The van der Waals surface area contributed by atoms with E-state index in [1.54, 1.807) is 0 Å². The highest BCUT2D eigenvalue weighted by molar-refractivity contribution is 5.74. The van der Waals surface area contributed by atoms with Gasteiger partial charge in [-0.15, -0.1) is 0 Å². The molecule has 5 nitrogen and oxygen atoms in total. The van der Waals surface area contributed by atoms with Crippen LogP contribution in [0.1, 0.15) is 43.7 Å². The van der Waals surface area contributed by atoms with Crippen LogP contribution in [0.2, 0.25) is 0 Å². The number of pyridine rings is 1. The van der Waals surface area contributed by atoms with Gasteiger partial charge in [-0.25, -0.2) is 9.97 Å². The van der Waals surface area contributed by atoms with Crippen molar-refractivity contribution in [3.05, 3.63) is 17.8 Å². The third-order valence-corrected chi connectivity index (χ3v) is 5.37. The second-order valence-corrected chi connectivity index (χ2v) is 6.72. The van der Waals surface area contributed by atoms with E-state index in [1.807, 2.05) is 13.1 Å². The molecule has 0 amide bonds. The third-order valence-electron chi connectivity index (χ3n) is 5.37. The van der Waals surface area contributed by atoms with E-state index in [2.05, 4.69) is 32.5 Å². The number of aromatic nitrogens is 3. The van der Waals surface area contributed by atoms with Gasteiger partial charge >= 0.3 is 0 Å². The first kappa shape index (κ1) is 13.1. The summed E-state index contributed by atoms with van der Waals surface area (Å²) in [5.74, 6) is 0.621. The van der Waals surface area contributed by atoms with Crippen LogP contribution in [0, 0.1) is 6.92 Å². The molecule has 0 radical (unpaired) electrons. The highest BCUT2D eigenvalue weighted by Gasteiger charge is 2.37. The molecule has 4 rings (SSSR count). The number of anilines is 1. The zero-order chi connectivity index (χ0) is 14.6. The molecule has 0 spiro atoms. The van der Waals surface area contributed by atoms with E-state index >= 15 is 0 Å². The summed E-state index contributed by atoms with van der Waals surface area (Å²) in [5.41, 5.74) is 9.23. The predicted molar refractivity (Wildman–Crippen MR) is 84.1 cm³/mol. The van der Waals surface area contributed by atoms with Crippen LogP contribution < -0.4 is 5.73 Å². The molecule has 2 fully saturated rings. The number of hydrogen-bond donors (Lipinski definition) is 1. The quantitative estimate of drug-likeness (QED) is 0.874. The topological polar surface area (TPSA) is 60.0 Å². The minimum Gasteiger partial charge on any atom is -0.369 e. The first-order valence-corrected chi connectivity index (χ1v) is 7.95. The van der Waals surface area contributed by atoms with E-state index < -0.39 is 0 Å². The second kappa shape index (κ2) is 4.70. The van der Waals surface area contributed by atoms with Crippen LogP contribution in [-0.4, -0.2) is 38.6 Å². The zero-order valence-corrected chi connectivity index (χ0v) is 12.8. The molecular formula is C16H23N5. The molecule has 0 saturated carbocycles. The number of aryl methyl sites for hydroxylation is 1. The van der Waals surface area contributed by atoms with Crippen molar-refractivity contribution in [2.75, 3.05) is 12.8 Å². The van der Waals surface area contributed by atoms with Gasteiger partial charge in [-0.3, -0.25) is 4.57 Å². The molecule has 2 N–H and O–H groups in total. The molecule has 4 heterocycles. The predicted octanol–water partition coefficient (Wildman–Crippen LogP) is 2.51. The Morgan fingerprint density at radius 2 is 1.90 bits per heavy atom. The maximum absolute atomic E-state index is 6.22. The van der Waals surface area contributed by atoms with Crippen molar-refractivity contribution in [2.45, 2.75) is 57.2 Å². The Kier molecular flexibility index (Phi) is 2.92. The minimum atomic E-state index is 0.441. The molecule has 21 heavy (non-hydrogen) atoms. The van der Waals surface area contributed by atoms with Crippen molar-refractivity contribution in [2.24, 2.45) is 0 Å². The largest absolute Gasteiger partial charge is 0.369 e. The lowest BCUT2D eigenvalue weighted by Crippen LogP contribution is -2.50. The fourth-order valence-corrected chi connectivity index (χ4v) is 4.26. The Balaban J connectivity index is 1.75. The monoisotopic (exact) mass is 285 g/mol. The lowest BCUT2D eigenvalue weighted by molar-refractivity contribution is 0.0414. The molecule has 5 heteroatoms. The number of fused-ring (bicyclic) bond motifs is 3. The molecule has 2 aromatic rings. The molecule has 0 aliphatic carbocycles. The van der Waals surface area contributed by atoms with E-state index in [4.69, 9.17) is 5.73 Å². The summed E-state index contributed by atoms with van der Waals surface area (Å²) in [6.07, 6.45) is 8.22. The first-order chi connectivity index (χ1) is 10.1. The van der Waals surface area contributed by atoms with Crippen LogP contribution in [0.25, 0.3) is 11.2 Å². The smallest absolute Gasteiger partial charge is 0.202 e. The number of hydrogen-bond acceptors (Lipinski definition) is 4. The van der Waals surface area contributed by atoms with Gasteiger partial charge in [-0.2, -0.15) is 0 Å². The van der Waals surface area contributed by atoms with Crippen molar-refractivity contribution in [3.8, 4) is 0 Å². The van der Waals surface area contributed by atoms with Crippen LogP contribution in [0.4, 0.5) is 5.95 Å². The zero-order valence-electron chi connectivity index (χ0n) is 12.8. The van der Waals surface area contributed by atoms with E-state index in [0.717, 1.165) is 29.6 Å². The highest BCUT2D eigenvalue weighted by atomic mass is 15.2. The molecule has 2 unspecified atom stereocenters. The number of nitrogens with zero attached hydrogens (tertiary/aromatic N) is 4. The number of imidazole rings is 1. The number of piperidine rings is 2. The van der Waals surface area contributed by atoms with Gasteiger partial charge in [0.2, 0.25) is 5.95 Å². The van der Waals surface area contributed by atoms with Crippen LogP contribution >= 0.6 is 0 Å². The van der Waals surface area contributed by atoms with E-state index in [9.17, 15) is 0 Å². The molecule has 2 atom stereocenters. The molecular weight excluding hydrogens is 262 g/mol. The Labute approximate surface area is 125 Å². The Bertz CT molecular complexity index is 663. The molecule has 2 saturated heterocycles. The van der Waals surface area contributed by atoms with Gasteiger partial charge in [0.15, 0.2) is 5.65 Å². The van der Waals surface area contributed by atoms with Crippen molar-refractivity contribution < 1.29 is 0 Å². The fourth-order valence-electron chi connectivity index (χ4n) is 4.26. The van der Waals surface area contributed by atoms with Crippen molar-refractivity contribution in [3.63, 3.8) is 0 Å². The van der Waals surface area contributed by atoms with Crippen LogP contribution in [0.5, 0.6) is 0 Å². The summed E-state index contributed by atoms with van der Waals surface area (Å²) in [6, 6.07) is 3.89. The Morgan fingerprint density at radius 1 is 1.19 bits per heavy atom. The summed E-state index contributed by atoms with van der Waals surface area (Å²) in [6.45, 7) is 2.04. The number of nitrogen functional groups attached to an aromatic ring is 1. The second-order valence-electron chi connectivity index (χ2n) is 6.72. The average molecular weight is 285 g/mol. The van der Waals surface area contributed by atoms with Gasteiger partial charge in [-0.1, -0.05) is 6.42 Å². The van der Waals surface area contributed by atoms with Crippen LogP contribution in [0.15, 0.2) is 12.3 Å². The summed E-state index contributed by atoms with van der Waals surface area (Å²) in [4.78, 5) is 11.7. The van der Waals surface area contributed by atoms with Gasteiger partial charge < -0.3 is 10.6 Å². The van der Waals surface area contributed by atoms with Gasteiger partial charge in [0.25, 0.3) is 0 Å². The standard InChI is InChI=1S/C16H23N5/c1-10-6-14-15(18-9-10)21(16(17)19-14)13-7-11-4-3-5-12(8-13)20(11)2/h6,9,11-13H,3-5,7-8H2,1-2H3,(H2,17,19). The van der Waals surface area contributed by atoms with Crippen LogP contribution in [0.3, 0.4) is 0 Å². The normalized spacial score (nSPS) is 29.9. The molecule has 0 aromatic carbocycles. The maximum atomic E-state index is 6.22. The van der Waals surface area contributed by atoms with Gasteiger partial charge in [0.1, 0.15) is 5.52 Å². The Morgan fingerprint density at radius 3 is 2.62 bits per heavy atom. The fraction of sp³-hybridized carbons (Fsp3) is 0.625. The summed E-state index contributed by atoms with van der Waals surface area (Å²) < 4.78 is 2.19. The van der Waals surface area contributed by atoms with Gasteiger partial charge in [0, 0.05) is 24.3 Å². The van der Waals surface area contributed by atoms with Crippen molar-refractivity contribution >= 4 is 17.1 Å². The van der Waals surface area contributed by atoms with E-state index in [-0.39, 0.29) is 0 Å². The van der Waals surface area contributed by atoms with Gasteiger partial charge in [-0.05, 0) is 51.3 Å². The van der Waals surface area contributed by atoms with Gasteiger partial charge in [0.05, 0.1) is 0 Å².